The first-order valence-corrected chi connectivity index (χ1v) is 9.78. The van der Waals surface area contributed by atoms with Gasteiger partial charge in [0.1, 0.15) is 12.0 Å². The lowest BCUT2D eigenvalue weighted by Crippen LogP contribution is -2.57. The molecule has 0 heterocycles. The Kier molecular flexibility index (Phi) is 3.99. The van der Waals surface area contributed by atoms with Crippen molar-refractivity contribution in [2.75, 3.05) is 0 Å². The number of rotatable bonds is 2. The number of aliphatic carboxylic acids is 1. The minimum atomic E-state index is -1.45. The van der Waals surface area contributed by atoms with Crippen LogP contribution in [0.25, 0.3) is 0 Å². The number of alkyl halides is 1. The van der Waals surface area contributed by atoms with Crippen molar-refractivity contribution in [1.29, 1.82) is 0 Å². The first-order valence-electron chi connectivity index (χ1n) is 9.78. The molecule has 3 saturated carbocycles. The van der Waals surface area contributed by atoms with E-state index in [0.717, 1.165) is 0 Å². The quantitative estimate of drug-likeness (QED) is 0.749. The normalized spacial score (nSPS) is 46.2. The molecule has 7 atom stereocenters. The maximum absolute atomic E-state index is 15.1. The van der Waals surface area contributed by atoms with Gasteiger partial charge in [-0.3, -0.25) is 14.4 Å². The van der Waals surface area contributed by atoms with E-state index in [1.807, 2.05) is 13.8 Å². The van der Waals surface area contributed by atoms with Crippen molar-refractivity contribution in [1.82, 2.24) is 0 Å². The lowest BCUT2D eigenvalue weighted by atomic mass is 9.46. The summed E-state index contributed by atoms with van der Waals surface area (Å²) < 4.78 is 15.1. The Morgan fingerprint density at radius 1 is 1.22 bits per heavy atom. The SMILES string of the molecule is C[C@]12CC(=O)[C@H]3[C@@H](C[C@H](F)C4=CC(=O)CC[C@@]43C)[C@@H]1CC[C@@H]2C(=O)C(=O)O. The van der Waals surface area contributed by atoms with E-state index in [1.165, 1.54) is 6.08 Å². The van der Waals surface area contributed by atoms with Gasteiger partial charge in [0.25, 0.3) is 0 Å². The second kappa shape index (κ2) is 5.82. The average molecular weight is 376 g/mol. The maximum Gasteiger partial charge on any atom is 0.372 e. The van der Waals surface area contributed by atoms with Crippen molar-refractivity contribution >= 4 is 23.3 Å². The highest BCUT2D eigenvalue weighted by Gasteiger charge is 2.65. The highest BCUT2D eigenvalue weighted by molar-refractivity contribution is 6.33. The van der Waals surface area contributed by atoms with E-state index in [2.05, 4.69) is 0 Å². The molecular formula is C21H25FO5. The summed E-state index contributed by atoms with van der Waals surface area (Å²) in [5.74, 6) is -3.62. The molecule has 0 aromatic carbocycles. The minimum Gasteiger partial charge on any atom is -0.475 e. The van der Waals surface area contributed by atoms with Gasteiger partial charge in [0.15, 0.2) is 5.78 Å². The van der Waals surface area contributed by atoms with E-state index >= 15 is 4.39 Å². The second-order valence-electron chi connectivity index (χ2n) is 9.38. The molecule has 4 rings (SSSR count). The highest BCUT2D eigenvalue weighted by Crippen LogP contribution is 2.65. The number of hydrogen-bond donors (Lipinski definition) is 1. The first-order chi connectivity index (χ1) is 12.6. The predicted molar refractivity (Wildman–Crippen MR) is 93.5 cm³/mol. The van der Waals surface area contributed by atoms with E-state index in [0.29, 0.717) is 31.3 Å². The Morgan fingerprint density at radius 3 is 2.59 bits per heavy atom. The van der Waals surface area contributed by atoms with Crippen LogP contribution >= 0.6 is 0 Å². The number of carboxylic acid groups (broad SMARTS) is 1. The van der Waals surface area contributed by atoms with E-state index in [1.54, 1.807) is 0 Å². The van der Waals surface area contributed by atoms with Gasteiger partial charge in [-0.25, -0.2) is 9.18 Å². The van der Waals surface area contributed by atoms with Gasteiger partial charge in [-0.15, -0.1) is 0 Å². The molecule has 4 aliphatic rings. The van der Waals surface area contributed by atoms with Gasteiger partial charge < -0.3 is 5.11 Å². The molecule has 0 aromatic rings. The fourth-order valence-corrected chi connectivity index (χ4v) is 6.97. The largest absolute Gasteiger partial charge is 0.475 e. The molecule has 0 amide bonds. The zero-order valence-corrected chi connectivity index (χ0v) is 15.7. The van der Waals surface area contributed by atoms with Crippen LogP contribution in [0, 0.1) is 34.5 Å². The number of fused-ring (bicyclic) bond motifs is 5. The Bertz CT molecular complexity index is 785. The molecule has 4 aliphatic carbocycles. The zero-order chi connectivity index (χ0) is 19.7. The van der Waals surface area contributed by atoms with Crippen LogP contribution < -0.4 is 0 Å². The molecule has 146 valence electrons. The molecule has 0 unspecified atom stereocenters. The summed E-state index contributed by atoms with van der Waals surface area (Å²) in [6.07, 6.45) is 2.39. The Hall–Kier alpha value is -1.85. The standard InChI is InChI=1S/C21H25FO5/c1-20-6-5-10(23)7-14(20)15(22)8-11-12-3-4-13(18(25)19(26)27)21(12,2)9-16(24)17(11)20/h7,11-13,15,17H,3-6,8-9H2,1-2H3,(H,26,27)/t11-,12-,13+,15-,17+,20-,21-/m0/s1. The summed E-state index contributed by atoms with van der Waals surface area (Å²) in [6.45, 7) is 3.75. The Balaban J connectivity index is 1.75. The third kappa shape index (κ3) is 2.41. The van der Waals surface area contributed by atoms with E-state index in [9.17, 15) is 24.3 Å². The monoisotopic (exact) mass is 376 g/mol. The predicted octanol–water partition coefficient (Wildman–Crippen LogP) is 2.92. The number of Topliss-reactive ketones (excluding diaryl/α,β-unsaturated/α-hetero) is 2. The fraction of sp³-hybridized carbons (Fsp3) is 0.714. The van der Waals surface area contributed by atoms with Crippen molar-refractivity contribution in [3.05, 3.63) is 11.6 Å². The van der Waals surface area contributed by atoms with Crippen LogP contribution in [0.4, 0.5) is 4.39 Å². The number of carbonyl (C=O) groups excluding carboxylic acids is 3. The molecule has 27 heavy (non-hydrogen) atoms. The summed E-state index contributed by atoms with van der Waals surface area (Å²) in [6, 6.07) is 0. The van der Waals surface area contributed by atoms with Gasteiger partial charge in [-0.1, -0.05) is 13.8 Å². The summed E-state index contributed by atoms with van der Waals surface area (Å²) in [4.78, 5) is 48.6. The van der Waals surface area contributed by atoms with Crippen molar-refractivity contribution in [3.63, 3.8) is 0 Å². The second-order valence-corrected chi connectivity index (χ2v) is 9.38. The number of ketones is 3. The number of carbonyl (C=O) groups is 4. The van der Waals surface area contributed by atoms with Crippen LogP contribution in [-0.2, 0) is 19.2 Å². The van der Waals surface area contributed by atoms with Crippen LogP contribution in [0.15, 0.2) is 11.6 Å². The van der Waals surface area contributed by atoms with Gasteiger partial charge in [-0.05, 0) is 54.6 Å². The highest BCUT2D eigenvalue weighted by atomic mass is 19.1. The number of allylic oxidation sites excluding steroid dienone is 1. The number of halogens is 1. The van der Waals surface area contributed by atoms with Gasteiger partial charge in [-0.2, -0.15) is 0 Å². The van der Waals surface area contributed by atoms with E-state index in [-0.39, 0.29) is 42.2 Å². The molecule has 3 fully saturated rings. The molecule has 5 nitrogen and oxygen atoms in total. The van der Waals surface area contributed by atoms with Gasteiger partial charge in [0.05, 0.1) is 0 Å². The molecule has 0 radical (unpaired) electrons. The maximum atomic E-state index is 15.1. The van der Waals surface area contributed by atoms with Crippen LogP contribution in [-0.4, -0.2) is 34.6 Å². The van der Waals surface area contributed by atoms with Crippen LogP contribution in [0.3, 0.4) is 0 Å². The van der Waals surface area contributed by atoms with Crippen molar-refractivity contribution < 1.29 is 28.7 Å². The van der Waals surface area contributed by atoms with Crippen LogP contribution in [0.1, 0.15) is 52.4 Å². The summed E-state index contributed by atoms with van der Waals surface area (Å²) in [5, 5.41) is 9.17. The van der Waals surface area contributed by atoms with Crippen LogP contribution in [0.5, 0.6) is 0 Å². The third-order valence-corrected chi connectivity index (χ3v) is 8.15. The number of hydrogen-bond acceptors (Lipinski definition) is 4. The molecule has 0 aromatic heterocycles. The van der Waals surface area contributed by atoms with Gasteiger partial charge in [0.2, 0.25) is 5.78 Å². The molecule has 0 aliphatic heterocycles. The molecule has 0 saturated heterocycles. The van der Waals surface area contributed by atoms with Crippen LogP contribution in [0.2, 0.25) is 0 Å². The lowest BCUT2D eigenvalue weighted by molar-refractivity contribution is -0.158. The zero-order valence-electron chi connectivity index (χ0n) is 15.7. The summed E-state index contributed by atoms with van der Waals surface area (Å²) >= 11 is 0. The van der Waals surface area contributed by atoms with E-state index < -0.39 is 34.7 Å². The molecule has 0 spiro atoms. The topological polar surface area (TPSA) is 88.5 Å². The molecule has 6 heteroatoms. The van der Waals surface area contributed by atoms with Gasteiger partial charge >= 0.3 is 5.97 Å². The fourth-order valence-electron chi connectivity index (χ4n) is 6.97. The van der Waals surface area contributed by atoms with Crippen molar-refractivity contribution in [2.24, 2.45) is 34.5 Å². The summed E-state index contributed by atoms with van der Waals surface area (Å²) in [7, 11) is 0. The smallest absolute Gasteiger partial charge is 0.372 e. The number of carboxylic acids is 1. The average Bonchev–Trinajstić information content (AvgIpc) is 2.92. The third-order valence-electron chi connectivity index (χ3n) is 8.15. The van der Waals surface area contributed by atoms with Crippen molar-refractivity contribution in [2.45, 2.75) is 58.5 Å². The van der Waals surface area contributed by atoms with Gasteiger partial charge in [0, 0.05) is 30.1 Å². The summed E-state index contributed by atoms with van der Waals surface area (Å²) in [5.41, 5.74) is -0.896. The molecule has 1 N–H and O–H groups in total. The van der Waals surface area contributed by atoms with E-state index in [4.69, 9.17) is 0 Å². The Labute approximate surface area is 157 Å². The van der Waals surface area contributed by atoms with Crippen molar-refractivity contribution in [3.8, 4) is 0 Å². The minimum absolute atomic E-state index is 0.00140. The first kappa shape index (κ1) is 18.5. The Morgan fingerprint density at radius 2 is 1.93 bits per heavy atom. The lowest BCUT2D eigenvalue weighted by Gasteiger charge is -2.57. The molecule has 0 bridgehead atoms. The molecular weight excluding hydrogens is 351 g/mol.